The summed E-state index contributed by atoms with van der Waals surface area (Å²) in [6.45, 7) is 3.85. The Bertz CT molecular complexity index is 1740. The lowest BCUT2D eigenvalue weighted by Gasteiger charge is -2.30. The largest absolute Gasteiger partial charge is 0.465 e. The van der Waals surface area contributed by atoms with Gasteiger partial charge in [0.2, 0.25) is 5.84 Å². The predicted octanol–water partition coefficient (Wildman–Crippen LogP) is 5.95. The number of carbonyl (C=O) groups excluding carboxylic acids is 1. The van der Waals surface area contributed by atoms with Crippen LogP contribution >= 0.6 is 23.2 Å². The maximum absolute atomic E-state index is 11.5. The van der Waals surface area contributed by atoms with Crippen molar-refractivity contribution in [2.45, 2.75) is 25.9 Å². The first kappa shape index (κ1) is 36.3. The van der Waals surface area contributed by atoms with Gasteiger partial charge in [-0.05, 0) is 60.4 Å². The molecule has 0 amide bonds. The highest BCUT2D eigenvalue weighted by molar-refractivity contribution is 6.29. The topological polar surface area (TPSA) is 186 Å². The van der Waals surface area contributed by atoms with E-state index in [2.05, 4.69) is 24.7 Å². The van der Waals surface area contributed by atoms with E-state index in [0.717, 1.165) is 43.3 Å². The van der Waals surface area contributed by atoms with Crippen LogP contribution in [0.2, 0.25) is 10.3 Å². The number of aliphatic imine (C=N–C) groups is 1. The van der Waals surface area contributed by atoms with E-state index >= 15 is 0 Å². The zero-order valence-corrected chi connectivity index (χ0v) is 27.6. The summed E-state index contributed by atoms with van der Waals surface area (Å²) >= 11 is 11.5. The Morgan fingerprint density at radius 1 is 0.878 bits per heavy atom. The minimum absolute atomic E-state index is 0.0772. The molecule has 1 fully saturated rings. The Labute approximate surface area is 290 Å². The van der Waals surface area contributed by atoms with E-state index in [1.807, 2.05) is 21.9 Å². The fourth-order valence-electron chi connectivity index (χ4n) is 4.67. The van der Waals surface area contributed by atoms with Crippen molar-refractivity contribution < 1.29 is 23.5 Å². The number of aldehydes is 1. The lowest BCUT2D eigenvalue weighted by Crippen LogP contribution is -2.39. The van der Waals surface area contributed by atoms with Crippen molar-refractivity contribution in [3.05, 3.63) is 144 Å². The number of nitro groups is 2. The molecule has 0 bridgehead atoms. The second kappa shape index (κ2) is 18.7. The van der Waals surface area contributed by atoms with Gasteiger partial charge in [-0.2, -0.15) is 0 Å². The van der Waals surface area contributed by atoms with E-state index < -0.39 is 9.85 Å². The lowest BCUT2D eigenvalue weighted by molar-refractivity contribution is -0.414. The zero-order chi connectivity index (χ0) is 35.0. The first-order valence-electron chi connectivity index (χ1n) is 14.9. The minimum Gasteiger partial charge on any atom is -0.465 e. The molecule has 4 aromatic rings. The molecule has 256 valence electrons. The molecule has 6 heterocycles. The predicted molar refractivity (Wildman–Crippen MR) is 182 cm³/mol. The van der Waals surface area contributed by atoms with Gasteiger partial charge in [-0.15, -0.1) is 0 Å². The number of nitrogens with zero attached hydrogens (tertiary/aromatic N) is 7. The second-order valence-electron chi connectivity index (χ2n) is 10.4. The SMILES string of the molecule is O=Cc1ccco1.O=[N+]([O-])/C(=C/c1ccco1)C1=NCCCN1Cc1ccc(Cl)nc1.O=[N+]([O-])/C=C1\NCCCN1Cc1ccc(Cl)nc1. The molecule has 6 rings (SSSR count). The van der Waals surface area contributed by atoms with Gasteiger partial charge in [-0.1, -0.05) is 35.3 Å². The third-order valence-corrected chi connectivity index (χ3v) is 7.31. The van der Waals surface area contributed by atoms with E-state index in [1.54, 1.807) is 48.8 Å². The summed E-state index contributed by atoms with van der Waals surface area (Å²) in [6, 6.07) is 13.8. The van der Waals surface area contributed by atoms with Crippen molar-refractivity contribution in [2.24, 2.45) is 4.99 Å². The van der Waals surface area contributed by atoms with Gasteiger partial charge in [0.15, 0.2) is 17.9 Å². The van der Waals surface area contributed by atoms with Crippen LogP contribution in [-0.2, 0) is 13.1 Å². The van der Waals surface area contributed by atoms with Gasteiger partial charge in [-0.25, -0.2) is 9.97 Å². The number of nitrogens with one attached hydrogen (secondary N) is 1. The van der Waals surface area contributed by atoms with Crippen molar-refractivity contribution in [3.63, 3.8) is 0 Å². The summed E-state index contributed by atoms with van der Waals surface area (Å²) in [6.07, 6.45) is 11.1. The fraction of sp³-hybridized carbons (Fsp3) is 0.250. The quantitative estimate of drug-likeness (QED) is 0.0932. The highest BCUT2D eigenvalue weighted by Gasteiger charge is 2.28. The number of aromatic nitrogens is 2. The summed E-state index contributed by atoms with van der Waals surface area (Å²) in [5.74, 6) is 1.70. The Kier molecular flexibility index (Phi) is 13.9. The number of rotatable bonds is 9. The van der Waals surface area contributed by atoms with Crippen molar-refractivity contribution in [1.82, 2.24) is 25.1 Å². The molecular weight excluding hydrogens is 679 g/mol. The van der Waals surface area contributed by atoms with E-state index in [9.17, 15) is 25.0 Å². The van der Waals surface area contributed by atoms with Crippen LogP contribution in [-0.4, -0.2) is 67.9 Å². The standard InChI is InChI=1S/C16H15ClN4O3.C11H13ClN4O2.C5H4O2/c17-15-5-4-12(10-19-15)11-20-7-2-6-18-16(20)14(21(22)23)9-13-3-1-8-24-13;12-10-3-2-9(6-14-10)7-15-5-1-4-13-11(15)8-16(17)18;6-4-5-2-1-3-7-5/h1,3-5,8-10H,2,6-7,11H2;2-3,6,8,13H,1,4-5,7H2;1-4H/b14-9+;11-8+;. The summed E-state index contributed by atoms with van der Waals surface area (Å²) in [5.41, 5.74) is 1.80. The normalized spacial score (nSPS) is 15.2. The van der Waals surface area contributed by atoms with E-state index in [-0.39, 0.29) is 5.70 Å². The van der Waals surface area contributed by atoms with Crippen molar-refractivity contribution in [1.29, 1.82) is 0 Å². The number of furan rings is 2. The van der Waals surface area contributed by atoms with Crippen LogP contribution in [0.3, 0.4) is 0 Å². The van der Waals surface area contributed by atoms with Crippen molar-refractivity contribution in [3.8, 4) is 0 Å². The molecule has 17 heteroatoms. The molecular formula is C32H32Cl2N8O7. The van der Waals surface area contributed by atoms with Gasteiger partial charge in [0.05, 0.1) is 28.4 Å². The molecule has 49 heavy (non-hydrogen) atoms. The van der Waals surface area contributed by atoms with Crippen LogP contribution in [0.5, 0.6) is 0 Å². The third kappa shape index (κ3) is 11.9. The summed E-state index contributed by atoms with van der Waals surface area (Å²) in [4.78, 5) is 47.2. The lowest BCUT2D eigenvalue weighted by atomic mass is 10.2. The van der Waals surface area contributed by atoms with Crippen LogP contribution in [0, 0.1) is 20.2 Å². The molecule has 1 saturated heterocycles. The monoisotopic (exact) mass is 710 g/mol. The molecule has 2 aliphatic heterocycles. The number of hydrogen-bond donors (Lipinski definition) is 1. The molecule has 0 unspecified atom stereocenters. The Hall–Kier alpha value is -5.54. The van der Waals surface area contributed by atoms with Gasteiger partial charge in [0.1, 0.15) is 16.1 Å². The van der Waals surface area contributed by atoms with Gasteiger partial charge in [-0.3, -0.25) is 30.0 Å². The number of hydrogen-bond acceptors (Lipinski definition) is 13. The third-order valence-electron chi connectivity index (χ3n) is 6.86. The molecule has 1 N–H and O–H groups in total. The number of halogens is 2. The van der Waals surface area contributed by atoms with Gasteiger partial charge < -0.3 is 24.0 Å². The Balaban J connectivity index is 0.000000189. The zero-order valence-electron chi connectivity index (χ0n) is 26.1. The van der Waals surface area contributed by atoms with Crippen LogP contribution < -0.4 is 5.32 Å². The molecule has 0 radical (unpaired) electrons. The molecule has 4 aromatic heterocycles. The van der Waals surface area contributed by atoms with Crippen molar-refractivity contribution >= 4 is 41.4 Å². The Morgan fingerprint density at radius 2 is 1.49 bits per heavy atom. The van der Waals surface area contributed by atoms with Crippen LogP contribution in [0.15, 0.2) is 105 Å². The highest BCUT2D eigenvalue weighted by atomic mass is 35.5. The van der Waals surface area contributed by atoms with Gasteiger partial charge >= 0.3 is 5.70 Å². The van der Waals surface area contributed by atoms with Crippen LogP contribution in [0.25, 0.3) is 6.08 Å². The maximum atomic E-state index is 11.5. The summed E-state index contributed by atoms with van der Waals surface area (Å²) in [7, 11) is 0. The first-order chi connectivity index (χ1) is 23.7. The average molecular weight is 712 g/mol. The maximum Gasteiger partial charge on any atom is 0.314 e. The second-order valence-corrected chi connectivity index (χ2v) is 11.2. The van der Waals surface area contributed by atoms with E-state index in [0.29, 0.717) is 65.9 Å². The minimum atomic E-state index is -0.444. The van der Waals surface area contributed by atoms with Crippen LogP contribution in [0.1, 0.15) is 40.3 Å². The number of carbonyl (C=O) groups is 1. The first-order valence-corrected chi connectivity index (χ1v) is 15.7. The average Bonchev–Trinajstić information content (AvgIpc) is 3.82. The molecule has 0 spiro atoms. The highest BCUT2D eigenvalue weighted by Crippen LogP contribution is 2.19. The number of amidine groups is 1. The van der Waals surface area contributed by atoms with Gasteiger partial charge in [0, 0.05) is 51.7 Å². The molecule has 0 saturated carbocycles. The smallest absolute Gasteiger partial charge is 0.314 e. The van der Waals surface area contributed by atoms with Crippen LogP contribution in [0.4, 0.5) is 0 Å². The Morgan fingerprint density at radius 3 is 2.00 bits per heavy atom. The summed E-state index contributed by atoms with van der Waals surface area (Å²) in [5, 5.41) is 26.0. The molecule has 0 atom stereocenters. The molecule has 0 aromatic carbocycles. The fourth-order valence-corrected chi connectivity index (χ4v) is 4.89. The van der Waals surface area contributed by atoms with E-state index in [1.165, 1.54) is 18.6 Å². The number of pyridine rings is 2. The van der Waals surface area contributed by atoms with E-state index in [4.69, 9.17) is 27.6 Å². The van der Waals surface area contributed by atoms with Crippen molar-refractivity contribution in [2.75, 3.05) is 26.2 Å². The van der Waals surface area contributed by atoms with Gasteiger partial charge in [0.25, 0.3) is 6.20 Å². The summed E-state index contributed by atoms with van der Waals surface area (Å²) < 4.78 is 9.81. The molecule has 0 aliphatic carbocycles. The molecule has 15 nitrogen and oxygen atoms in total. The molecule has 2 aliphatic rings.